The minimum Gasteiger partial charge on any atom is -0.534 e. The van der Waals surface area contributed by atoms with E-state index in [0.717, 1.165) is 0 Å². The molecular weight excluding hydrogens is 74.8 g/mol. The highest BCUT2D eigenvalue weighted by Crippen LogP contribution is 1.67. The van der Waals surface area contributed by atoms with E-state index in [2.05, 4.69) is 0 Å². The summed E-state index contributed by atoms with van der Waals surface area (Å²) in [5.41, 5.74) is 0. The zero-order valence-electron chi connectivity index (χ0n) is 2.37. The van der Waals surface area contributed by atoms with Crippen molar-refractivity contribution >= 4 is 6.96 Å². The molecule has 0 aromatic heterocycles. The second kappa shape index (κ2) is 0.945. The molecule has 0 atom stereocenters. The molecule has 0 aromatic carbocycles. The average Bonchev–Trinajstić information content (AvgIpc) is 0.722. The van der Waals surface area contributed by atoms with E-state index in [-0.39, 0.29) is 0 Å². The third-order valence-electron chi connectivity index (χ3n) is 0. The van der Waals surface area contributed by atoms with Gasteiger partial charge in [0.05, 0.1) is 0 Å². The van der Waals surface area contributed by atoms with Crippen molar-refractivity contribution in [1.82, 2.24) is 0 Å². The van der Waals surface area contributed by atoms with Crippen LogP contribution in [0, 0.1) is 0 Å². The fraction of sp³-hybridized carbons (Fsp3) is 0. The van der Waals surface area contributed by atoms with Crippen LogP contribution in [0.15, 0.2) is 0 Å². The van der Waals surface area contributed by atoms with E-state index < -0.39 is 6.96 Å². The molecule has 0 aromatic rings. The summed E-state index contributed by atoms with van der Waals surface area (Å²) in [6.07, 6.45) is 0. The molecule has 0 spiro atoms. The maximum atomic E-state index is 7.25. The van der Waals surface area contributed by atoms with Crippen LogP contribution in [-0.2, 0) is 0 Å². The Kier molecular flexibility index (Phi) is 0.927. The fourth-order valence-electron chi connectivity index (χ4n) is 0. The smallest absolute Gasteiger partial charge is 0.521 e. The molecule has 32 valence electrons. The molecule has 0 heterocycles. The molecule has 0 saturated heterocycles. The maximum Gasteiger partial charge on any atom is 0.521 e. The van der Waals surface area contributed by atoms with Crippen molar-refractivity contribution in [2.45, 2.75) is 0 Å². The van der Waals surface area contributed by atoms with Crippen molar-refractivity contribution in [3.63, 3.8) is 0 Å². The molecule has 5 heavy (non-hydrogen) atoms. The third-order valence-corrected chi connectivity index (χ3v) is 0. The highest BCUT2D eigenvalue weighted by molar-refractivity contribution is 6.46. The Morgan fingerprint density at radius 3 is 0.800 bits per heavy atom. The lowest BCUT2D eigenvalue weighted by Gasteiger charge is -2.07. The van der Waals surface area contributed by atoms with Gasteiger partial charge < -0.3 is 20.1 Å². The highest BCUT2D eigenvalue weighted by Gasteiger charge is 2.06. The molecule has 0 amide bonds. The molecule has 5 heteroatoms. The van der Waals surface area contributed by atoms with E-state index in [4.69, 9.17) is 20.1 Å². The predicted molar refractivity (Wildman–Crippen MR) is 14.6 cm³/mol. The Balaban J connectivity index is 3.02. The topological polar surface area (TPSA) is 80.9 Å². The summed E-state index contributed by atoms with van der Waals surface area (Å²) < 4.78 is 0. The minimum atomic E-state index is -4.00. The van der Waals surface area contributed by atoms with Gasteiger partial charge in [-0.05, 0) is 0 Å². The van der Waals surface area contributed by atoms with Crippen LogP contribution in [0.2, 0.25) is 0 Å². The third kappa shape index (κ3) is 1570. The Morgan fingerprint density at radius 1 is 0.800 bits per heavy atom. The van der Waals surface area contributed by atoms with Crippen LogP contribution < -0.4 is 0 Å². The first kappa shape index (κ1) is 4.90. The van der Waals surface area contributed by atoms with Crippen LogP contribution in [0.4, 0.5) is 0 Å². The summed E-state index contributed by atoms with van der Waals surface area (Å²) >= 11 is 0. The molecule has 0 rings (SSSR count). The first-order valence-electron chi connectivity index (χ1n) is 1.03. The quantitative estimate of drug-likeness (QED) is 0.240. The molecule has 0 aliphatic rings. The van der Waals surface area contributed by atoms with E-state index in [9.17, 15) is 0 Å². The maximum absolute atomic E-state index is 7.25. The number of hydrogen-bond donors (Lipinski definition) is 4. The molecule has 0 aliphatic heterocycles. The van der Waals surface area contributed by atoms with Gasteiger partial charge >= 0.3 is 6.96 Å². The van der Waals surface area contributed by atoms with Gasteiger partial charge in [-0.1, -0.05) is 0 Å². The van der Waals surface area contributed by atoms with Gasteiger partial charge in [0.25, 0.3) is 0 Å². The van der Waals surface area contributed by atoms with Crippen molar-refractivity contribution in [3.05, 3.63) is 0 Å². The van der Waals surface area contributed by atoms with Gasteiger partial charge in [0.15, 0.2) is 0 Å². The zero-order chi connectivity index (χ0) is 4.50. The Morgan fingerprint density at radius 2 is 0.800 bits per heavy atom. The molecular formula is H4BO4-. The van der Waals surface area contributed by atoms with E-state index in [1.54, 1.807) is 0 Å². The van der Waals surface area contributed by atoms with Crippen molar-refractivity contribution in [2.24, 2.45) is 0 Å². The molecule has 0 radical (unpaired) electrons. The standard InChI is InChI=1S/BH4O4/c2-1(3,4)5/h2-5H/q-1. The van der Waals surface area contributed by atoms with Crippen LogP contribution in [0.3, 0.4) is 0 Å². The Hall–Kier alpha value is -0.0951. The van der Waals surface area contributed by atoms with Gasteiger partial charge in [-0.15, -0.1) is 0 Å². The first-order chi connectivity index (χ1) is 2.00. The fourth-order valence-corrected chi connectivity index (χ4v) is 0. The van der Waals surface area contributed by atoms with Gasteiger partial charge in [0.1, 0.15) is 0 Å². The first-order valence-corrected chi connectivity index (χ1v) is 1.03. The SMILES string of the molecule is O[B-](O)(O)O. The normalized spacial score (nSPS) is 12.0. The number of hydrogen-bond acceptors (Lipinski definition) is 4. The molecule has 0 saturated carbocycles. The van der Waals surface area contributed by atoms with Crippen molar-refractivity contribution < 1.29 is 20.1 Å². The second-order valence-corrected chi connectivity index (χ2v) is 0.693. The summed E-state index contributed by atoms with van der Waals surface area (Å²) in [5, 5.41) is 29.0. The van der Waals surface area contributed by atoms with Crippen LogP contribution in [0.5, 0.6) is 0 Å². The molecule has 0 fully saturated rings. The van der Waals surface area contributed by atoms with Crippen LogP contribution in [0.1, 0.15) is 0 Å². The average molecular weight is 78.8 g/mol. The van der Waals surface area contributed by atoms with Crippen molar-refractivity contribution in [3.8, 4) is 0 Å². The van der Waals surface area contributed by atoms with Gasteiger partial charge in [-0.25, -0.2) is 0 Å². The highest BCUT2D eigenvalue weighted by atomic mass is 16.7. The lowest BCUT2D eigenvalue weighted by molar-refractivity contribution is 0.117. The number of rotatable bonds is 0. The summed E-state index contributed by atoms with van der Waals surface area (Å²) in [5.74, 6) is 0. The van der Waals surface area contributed by atoms with E-state index >= 15 is 0 Å². The van der Waals surface area contributed by atoms with Gasteiger partial charge in [-0.3, -0.25) is 0 Å². The van der Waals surface area contributed by atoms with E-state index in [0.29, 0.717) is 0 Å². The largest absolute Gasteiger partial charge is 0.534 e. The molecule has 4 N–H and O–H groups in total. The summed E-state index contributed by atoms with van der Waals surface area (Å²) in [4.78, 5) is 0. The monoisotopic (exact) mass is 79.0 g/mol. The molecule has 0 bridgehead atoms. The van der Waals surface area contributed by atoms with Crippen LogP contribution in [-0.4, -0.2) is 27.1 Å². The summed E-state index contributed by atoms with van der Waals surface area (Å²) in [6, 6.07) is 0. The van der Waals surface area contributed by atoms with Gasteiger partial charge in [0, 0.05) is 0 Å². The lowest BCUT2D eigenvalue weighted by atomic mass is 10.1. The second-order valence-electron chi connectivity index (χ2n) is 0.693. The van der Waals surface area contributed by atoms with Crippen LogP contribution >= 0.6 is 0 Å². The minimum absolute atomic E-state index is 4.00. The Bertz CT molecular complexity index is 19.1. The van der Waals surface area contributed by atoms with Gasteiger partial charge in [-0.2, -0.15) is 0 Å². The summed E-state index contributed by atoms with van der Waals surface area (Å²) in [7, 11) is 0. The zero-order valence-corrected chi connectivity index (χ0v) is 2.37. The van der Waals surface area contributed by atoms with Crippen molar-refractivity contribution in [1.29, 1.82) is 0 Å². The molecule has 0 unspecified atom stereocenters. The van der Waals surface area contributed by atoms with E-state index in [1.165, 1.54) is 0 Å². The Labute approximate surface area is 28.3 Å². The molecule has 4 nitrogen and oxygen atoms in total. The van der Waals surface area contributed by atoms with E-state index in [1.807, 2.05) is 0 Å². The lowest BCUT2D eigenvalue weighted by Crippen LogP contribution is -2.33. The predicted octanol–water partition coefficient (Wildman–Crippen LogP) is -2.61. The van der Waals surface area contributed by atoms with Crippen molar-refractivity contribution in [2.75, 3.05) is 0 Å². The van der Waals surface area contributed by atoms with Gasteiger partial charge in [0.2, 0.25) is 0 Å². The van der Waals surface area contributed by atoms with Crippen LogP contribution in [0.25, 0.3) is 0 Å². The molecule has 0 aliphatic carbocycles. The summed E-state index contributed by atoms with van der Waals surface area (Å²) in [6.45, 7) is -4.00.